The molecule has 0 fully saturated rings. The average molecular weight is 370 g/mol. The van der Waals surface area contributed by atoms with Crippen LogP contribution in [0.25, 0.3) is 22.0 Å². The summed E-state index contributed by atoms with van der Waals surface area (Å²) in [5.74, 6) is 1.53. The van der Waals surface area contributed by atoms with Gasteiger partial charge in [0.05, 0.1) is 17.5 Å². The van der Waals surface area contributed by atoms with Crippen LogP contribution >= 0.6 is 11.6 Å². The molecule has 26 heavy (non-hydrogen) atoms. The lowest BCUT2D eigenvalue weighted by molar-refractivity contribution is 0.289. The van der Waals surface area contributed by atoms with Gasteiger partial charge < -0.3 is 9.15 Å². The molecule has 1 aromatic heterocycles. The minimum Gasteiger partial charge on any atom is -0.494 e. The number of nitrogens with zero attached hydrogens (tertiary/aromatic N) is 1. The summed E-state index contributed by atoms with van der Waals surface area (Å²) in [6.07, 6.45) is 2.72. The van der Waals surface area contributed by atoms with Crippen LogP contribution in [0.2, 0.25) is 0 Å². The first-order chi connectivity index (χ1) is 12.5. The molecule has 0 aliphatic heterocycles. The fourth-order valence-corrected chi connectivity index (χ4v) is 2.61. The molecule has 0 saturated heterocycles. The molecule has 0 aliphatic carbocycles. The van der Waals surface area contributed by atoms with Crippen LogP contribution < -0.4 is 10.4 Å². The van der Waals surface area contributed by atoms with Crippen LogP contribution in [0.5, 0.6) is 5.75 Å². The third-order valence-electron chi connectivity index (χ3n) is 3.88. The summed E-state index contributed by atoms with van der Waals surface area (Å²) >= 11 is 6.31. The molecule has 0 radical (unpaired) electrons. The molecule has 5 heteroatoms. The van der Waals surface area contributed by atoms with E-state index in [1.54, 1.807) is 24.3 Å². The second-order valence-corrected chi connectivity index (χ2v) is 6.82. The van der Waals surface area contributed by atoms with Crippen LogP contribution in [0.1, 0.15) is 31.7 Å². The first-order valence-corrected chi connectivity index (χ1v) is 8.91. The fraction of sp³-hybridized carbons (Fsp3) is 0.238. The van der Waals surface area contributed by atoms with Gasteiger partial charge in [0.1, 0.15) is 10.8 Å². The van der Waals surface area contributed by atoms with Crippen molar-refractivity contribution >= 4 is 33.6 Å². The van der Waals surface area contributed by atoms with E-state index < -0.39 is 5.63 Å². The lowest BCUT2D eigenvalue weighted by atomic mass is 10.1. The molecule has 1 heterocycles. The maximum absolute atomic E-state index is 12.0. The number of fused-ring (bicyclic) bond motifs is 1. The Hall–Kier alpha value is -2.59. The summed E-state index contributed by atoms with van der Waals surface area (Å²) in [5.41, 5.74) is 0.967. The molecule has 0 N–H and O–H groups in total. The van der Waals surface area contributed by atoms with E-state index in [9.17, 15) is 4.79 Å². The zero-order chi connectivity index (χ0) is 18.5. The van der Waals surface area contributed by atoms with E-state index in [2.05, 4.69) is 18.8 Å². The molecule has 3 rings (SSSR count). The minimum absolute atomic E-state index is 0.104. The van der Waals surface area contributed by atoms with Gasteiger partial charge >= 0.3 is 5.63 Å². The Kier molecular flexibility index (Phi) is 5.74. The highest BCUT2D eigenvalue weighted by Gasteiger charge is 2.09. The lowest BCUT2D eigenvalue weighted by Gasteiger charge is -2.08. The highest BCUT2D eigenvalue weighted by molar-refractivity contribution is 6.50. The summed E-state index contributed by atoms with van der Waals surface area (Å²) in [5, 5.41) is 0.699. The third kappa shape index (κ3) is 4.52. The van der Waals surface area contributed by atoms with Crippen molar-refractivity contribution in [2.75, 3.05) is 6.61 Å². The molecule has 0 atom stereocenters. The molecule has 0 saturated carbocycles. The van der Waals surface area contributed by atoms with Crippen molar-refractivity contribution in [3.05, 3.63) is 70.4 Å². The summed E-state index contributed by atoms with van der Waals surface area (Å²) < 4.78 is 10.9. The quantitative estimate of drug-likeness (QED) is 0.587. The van der Waals surface area contributed by atoms with Gasteiger partial charge in [-0.15, -0.1) is 0 Å². The molecular weight excluding hydrogens is 350 g/mol. The number of hydrogen-bond acceptors (Lipinski definition) is 4. The molecule has 0 bridgehead atoms. The summed E-state index contributed by atoms with van der Waals surface area (Å²) in [6, 6.07) is 14.6. The number of aromatic nitrogens is 1. The molecule has 0 amide bonds. The van der Waals surface area contributed by atoms with Gasteiger partial charge in [-0.05, 0) is 48.2 Å². The Morgan fingerprint density at radius 1 is 1.19 bits per heavy atom. The standard InChI is InChI=1S/C21H20ClNO3/c1-14(2)11-12-25-16-9-7-15(8-10-16)13-18(22)20-23-19-6-4-3-5-17(19)21(24)26-20/h3-10,13-14H,11-12H2,1-2H3/b18-13-. The zero-order valence-electron chi connectivity index (χ0n) is 14.7. The highest BCUT2D eigenvalue weighted by atomic mass is 35.5. The first kappa shape index (κ1) is 18.2. The third-order valence-corrected chi connectivity index (χ3v) is 4.15. The summed E-state index contributed by atoms with van der Waals surface area (Å²) in [7, 11) is 0. The van der Waals surface area contributed by atoms with E-state index in [4.69, 9.17) is 20.8 Å². The van der Waals surface area contributed by atoms with Crippen molar-refractivity contribution in [1.82, 2.24) is 4.98 Å². The second-order valence-electron chi connectivity index (χ2n) is 6.42. The smallest absolute Gasteiger partial charge is 0.347 e. The largest absolute Gasteiger partial charge is 0.494 e. The van der Waals surface area contributed by atoms with Gasteiger partial charge in [0.15, 0.2) is 0 Å². The molecule has 3 aromatic rings. The van der Waals surface area contributed by atoms with Crippen molar-refractivity contribution in [2.45, 2.75) is 20.3 Å². The van der Waals surface area contributed by atoms with Gasteiger partial charge in [0.2, 0.25) is 5.89 Å². The van der Waals surface area contributed by atoms with Crippen LogP contribution in [-0.4, -0.2) is 11.6 Å². The van der Waals surface area contributed by atoms with Crippen LogP contribution in [0, 0.1) is 5.92 Å². The topological polar surface area (TPSA) is 52.3 Å². The molecule has 134 valence electrons. The highest BCUT2D eigenvalue weighted by Crippen LogP contribution is 2.22. The number of para-hydroxylation sites is 1. The van der Waals surface area contributed by atoms with Crippen molar-refractivity contribution in [3.63, 3.8) is 0 Å². The van der Waals surface area contributed by atoms with Crippen LogP contribution in [0.4, 0.5) is 0 Å². The Bertz CT molecular complexity index is 974. The van der Waals surface area contributed by atoms with E-state index in [1.165, 1.54) is 0 Å². The Morgan fingerprint density at radius 2 is 1.92 bits per heavy atom. The predicted molar refractivity (Wildman–Crippen MR) is 105 cm³/mol. The lowest BCUT2D eigenvalue weighted by Crippen LogP contribution is -2.03. The molecular formula is C21H20ClNO3. The van der Waals surface area contributed by atoms with Gasteiger partial charge in [-0.1, -0.05) is 49.7 Å². The maximum Gasteiger partial charge on any atom is 0.347 e. The van der Waals surface area contributed by atoms with Crippen molar-refractivity contribution in [1.29, 1.82) is 0 Å². The molecule has 2 aromatic carbocycles. The van der Waals surface area contributed by atoms with Gasteiger partial charge in [-0.25, -0.2) is 9.78 Å². The summed E-state index contributed by atoms with van der Waals surface area (Å²) in [4.78, 5) is 16.4. The van der Waals surface area contributed by atoms with E-state index in [0.29, 0.717) is 23.4 Å². The predicted octanol–water partition coefficient (Wildman–Crippen LogP) is 5.35. The molecule has 4 nitrogen and oxygen atoms in total. The minimum atomic E-state index is -0.453. The summed E-state index contributed by atoms with van der Waals surface area (Å²) in [6.45, 7) is 5.02. The Balaban J connectivity index is 1.78. The maximum atomic E-state index is 12.0. The molecule has 0 spiro atoms. The Labute approximate surface area is 157 Å². The van der Waals surface area contributed by atoms with Crippen LogP contribution in [0.15, 0.2) is 57.7 Å². The van der Waals surface area contributed by atoms with Crippen LogP contribution in [0.3, 0.4) is 0 Å². The fourth-order valence-electron chi connectivity index (χ4n) is 2.40. The second kappa shape index (κ2) is 8.19. The number of halogens is 1. The first-order valence-electron chi connectivity index (χ1n) is 8.53. The number of hydrogen-bond donors (Lipinski definition) is 0. The number of benzene rings is 2. The SMILES string of the molecule is CC(C)CCOc1ccc(/C=C(\Cl)c2nc3ccccc3c(=O)o2)cc1. The van der Waals surface area contributed by atoms with E-state index in [-0.39, 0.29) is 10.9 Å². The van der Waals surface area contributed by atoms with E-state index in [0.717, 1.165) is 17.7 Å². The van der Waals surface area contributed by atoms with Crippen molar-refractivity contribution < 1.29 is 9.15 Å². The van der Waals surface area contributed by atoms with E-state index in [1.807, 2.05) is 30.3 Å². The number of ether oxygens (including phenoxy) is 1. The average Bonchev–Trinajstić information content (AvgIpc) is 2.63. The van der Waals surface area contributed by atoms with Crippen molar-refractivity contribution in [2.24, 2.45) is 5.92 Å². The van der Waals surface area contributed by atoms with Gasteiger partial charge in [0.25, 0.3) is 0 Å². The normalized spacial score (nSPS) is 11.9. The zero-order valence-corrected chi connectivity index (χ0v) is 15.5. The molecule has 0 unspecified atom stereocenters. The Morgan fingerprint density at radius 3 is 2.65 bits per heavy atom. The van der Waals surface area contributed by atoms with Crippen LogP contribution in [-0.2, 0) is 0 Å². The monoisotopic (exact) mass is 369 g/mol. The van der Waals surface area contributed by atoms with Crippen molar-refractivity contribution in [3.8, 4) is 5.75 Å². The van der Waals surface area contributed by atoms with E-state index >= 15 is 0 Å². The van der Waals surface area contributed by atoms with Gasteiger partial charge in [-0.2, -0.15) is 0 Å². The number of rotatable bonds is 6. The van der Waals surface area contributed by atoms with Gasteiger partial charge in [-0.3, -0.25) is 0 Å². The van der Waals surface area contributed by atoms with Gasteiger partial charge in [0, 0.05) is 0 Å². The molecule has 0 aliphatic rings.